The fraction of sp³-hybridized carbons (Fsp3) is 0.333. The van der Waals surface area contributed by atoms with Crippen LogP contribution >= 0.6 is 23.2 Å². The topological polar surface area (TPSA) is 86.8 Å². The molecule has 1 atom stereocenters. The fourth-order valence-corrected chi connectivity index (χ4v) is 5.85. The van der Waals surface area contributed by atoms with Crippen LogP contribution in [0.15, 0.2) is 77.7 Å². The van der Waals surface area contributed by atoms with E-state index in [-0.39, 0.29) is 23.0 Å². The molecule has 40 heavy (non-hydrogen) atoms. The molecule has 0 saturated heterocycles. The number of nitrogens with zero attached hydrogens (tertiary/aromatic N) is 2. The number of sulfonamides is 1. The molecule has 7 nitrogen and oxygen atoms in total. The third kappa shape index (κ3) is 8.22. The molecule has 0 fully saturated rings. The van der Waals surface area contributed by atoms with Gasteiger partial charge in [0.1, 0.15) is 12.6 Å². The first kappa shape index (κ1) is 31.5. The summed E-state index contributed by atoms with van der Waals surface area (Å²) in [5.41, 5.74) is 1.95. The molecular weight excluding hydrogens is 569 g/mol. The van der Waals surface area contributed by atoms with Crippen LogP contribution in [-0.4, -0.2) is 44.3 Å². The number of carbonyl (C=O) groups is 2. The number of amides is 2. The lowest BCUT2D eigenvalue weighted by atomic mass is 10.1. The smallest absolute Gasteiger partial charge is 0.264 e. The van der Waals surface area contributed by atoms with E-state index in [4.69, 9.17) is 23.2 Å². The predicted octanol–water partition coefficient (Wildman–Crippen LogP) is 6.22. The molecule has 0 aliphatic carbocycles. The Hall–Kier alpha value is -3.07. The van der Waals surface area contributed by atoms with Gasteiger partial charge < -0.3 is 10.2 Å². The lowest BCUT2D eigenvalue weighted by molar-refractivity contribution is -0.140. The maximum absolute atomic E-state index is 14.0. The lowest BCUT2D eigenvalue weighted by Gasteiger charge is -2.33. The van der Waals surface area contributed by atoms with Gasteiger partial charge in [0.25, 0.3) is 10.0 Å². The summed E-state index contributed by atoms with van der Waals surface area (Å²) in [5.74, 6) is -0.796. The number of hydrogen-bond donors (Lipinski definition) is 1. The fourth-order valence-electron chi connectivity index (χ4n) is 4.19. The van der Waals surface area contributed by atoms with Gasteiger partial charge in [-0.2, -0.15) is 0 Å². The number of carbonyl (C=O) groups excluding carboxylic acids is 2. The van der Waals surface area contributed by atoms with Crippen molar-refractivity contribution in [3.63, 3.8) is 0 Å². The van der Waals surface area contributed by atoms with Gasteiger partial charge in [0.2, 0.25) is 11.8 Å². The minimum Gasteiger partial charge on any atom is -0.354 e. The van der Waals surface area contributed by atoms with Gasteiger partial charge in [-0.3, -0.25) is 13.9 Å². The van der Waals surface area contributed by atoms with Crippen LogP contribution in [0.5, 0.6) is 0 Å². The average Bonchev–Trinajstić information content (AvgIpc) is 2.93. The highest BCUT2D eigenvalue weighted by Crippen LogP contribution is 2.26. The average molecular weight is 605 g/mol. The van der Waals surface area contributed by atoms with Crippen molar-refractivity contribution in [1.29, 1.82) is 0 Å². The van der Waals surface area contributed by atoms with Crippen molar-refractivity contribution in [2.45, 2.75) is 57.5 Å². The number of aryl methyl sites for hydroxylation is 1. The van der Waals surface area contributed by atoms with E-state index >= 15 is 0 Å². The Morgan fingerprint density at radius 2 is 1.45 bits per heavy atom. The van der Waals surface area contributed by atoms with Gasteiger partial charge in [0.15, 0.2) is 0 Å². The summed E-state index contributed by atoms with van der Waals surface area (Å²) in [6, 6.07) is 18.9. The number of rotatable bonds is 13. The van der Waals surface area contributed by atoms with Crippen molar-refractivity contribution >= 4 is 50.7 Å². The largest absolute Gasteiger partial charge is 0.354 e. The number of halogens is 2. The van der Waals surface area contributed by atoms with E-state index in [0.29, 0.717) is 23.0 Å². The van der Waals surface area contributed by atoms with Crippen LogP contribution in [-0.2, 0) is 26.2 Å². The van der Waals surface area contributed by atoms with Crippen molar-refractivity contribution in [3.8, 4) is 0 Å². The molecule has 0 saturated carbocycles. The van der Waals surface area contributed by atoms with Crippen LogP contribution < -0.4 is 9.62 Å². The number of anilines is 1. The Balaban J connectivity index is 2.02. The molecule has 0 heterocycles. The third-order valence-corrected chi connectivity index (χ3v) is 8.78. The van der Waals surface area contributed by atoms with E-state index in [0.717, 1.165) is 28.3 Å². The molecule has 0 aromatic heterocycles. The molecule has 1 N–H and O–H groups in total. The van der Waals surface area contributed by atoms with Crippen LogP contribution in [0.4, 0.5) is 5.69 Å². The SMILES string of the molecule is CCCCNC(=O)[C@@H](CC)N(Cc1ccc(Cl)cc1)C(=O)CN(c1ccc(Cl)cc1)S(=O)(=O)c1ccc(C)cc1. The predicted molar refractivity (Wildman–Crippen MR) is 161 cm³/mol. The van der Waals surface area contributed by atoms with Crippen LogP contribution in [0.3, 0.4) is 0 Å². The number of nitrogens with one attached hydrogen (secondary N) is 1. The second-order valence-electron chi connectivity index (χ2n) is 9.52. The van der Waals surface area contributed by atoms with Crippen LogP contribution in [0.2, 0.25) is 10.0 Å². The summed E-state index contributed by atoms with van der Waals surface area (Å²) in [4.78, 5) is 28.7. The van der Waals surface area contributed by atoms with Gasteiger partial charge in [0, 0.05) is 23.1 Å². The Kier molecular flexibility index (Phi) is 11.4. The standard InChI is InChI=1S/C30H35Cl2N3O4S/c1-4-6-19-33-30(37)28(5-2)34(20-23-9-11-24(31)12-10-23)29(36)21-35(26-15-13-25(32)14-16-26)40(38,39)27-17-7-22(3)8-18-27/h7-18,28H,4-6,19-21H2,1-3H3,(H,33,37)/t28-/m1/s1. The molecule has 0 aliphatic rings. The van der Waals surface area contributed by atoms with Crippen LogP contribution in [0.1, 0.15) is 44.2 Å². The molecule has 2 amide bonds. The molecule has 0 aliphatic heterocycles. The van der Waals surface area contributed by atoms with E-state index < -0.39 is 28.5 Å². The van der Waals surface area contributed by atoms with Gasteiger partial charge in [-0.05, 0) is 73.9 Å². The minimum absolute atomic E-state index is 0.0504. The zero-order chi connectivity index (χ0) is 29.3. The molecule has 3 aromatic rings. The normalized spacial score (nSPS) is 12.0. The first-order valence-corrected chi connectivity index (χ1v) is 15.4. The molecule has 0 spiro atoms. The highest BCUT2D eigenvalue weighted by atomic mass is 35.5. The Bertz CT molecular complexity index is 1380. The molecule has 0 unspecified atom stereocenters. The Labute approximate surface area is 247 Å². The van der Waals surface area contributed by atoms with Crippen molar-refractivity contribution in [2.75, 3.05) is 17.4 Å². The summed E-state index contributed by atoms with van der Waals surface area (Å²) < 4.78 is 28.8. The highest BCUT2D eigenvalue weighted by molar-refractivity contribution is 7.92. The van der Waals surface area contributed by atoms with Gasteiger partial charge in [-0.1, -0.05) is 73.3 Å². The first-order valence-electron chi connectivity index (χ1n) is 13.2. The third-order valence-electron chi connectivity index (χ3n) is 6.48. The van der Waals surface area contributed by atoms with Crippen molar-refractivity contribution < 1.29 is 18.0 Å². The minimum atomic E-state index is -4.14. The zero-order valence-electron chi connectivity index (χ0n) is 22.9. The first-order chi connectivity index (χ1) is 19.1. The highest BCUT2D eigenvalue weighted by Gasteiger charge is 2.33. The summed E-state index contributed by atoms with van der Waals surface area (Å²) in [5, 5.41) is 3.89. The number of unbranched alkanes of at least 4 members (excludes halogenated alkanes) is 1. The second kappa shape index (κ2) is 14.5. The van der Waals surface area contributed by atoms with E-state index in [1.807, 2.05) is 20.8 Å². The summed E-state index contributed by atoms with van der Waals surface area (Å²) in [6.07, 6.45) is 2.08. The van der Waals surface area contributed by atoms with E-state index in [1.165, 1.54) is 17.0 Å². The van der Waals surface area contributed by atoms with Crippen molar-refractivity contribution in [2.24, 2.45) is 0 Å². The van der Waals surface area contributed by atoms with E-state index in [9.17, 15) is 18.0 Å². The van der Waals surface area contributed by atoms with Crippen LogP contribution in [0, 0.1) is 6.92 Å². The maximum Gasteiger partial charge on any atom is 0.264 e. The molecule has 10 heteroatoms. The number of hydrogen-bond acceptors (Lipinski definition) is 4. The quantitative estimate of drug-likeness (QED) is 0.235. The molecular formula is C30H35Cl2N3O4S. The van der Waals surface area contributed by atoms with Crippen molar-refractivity contribution in [1.82, 2.24) is 10.2 Å². The molecule has 3 rings (SSSR count). The molecule has 214 valence electrons. The second-order valence-corrected chi connectivity index (χ2v) is 12.3. The summed E-state index contributed by atoms with van der Waals surface area (Å²) in [6.45, 7) is 5.81. The summed E-state index contributed by atoms with van der Waals surface area (Å²) in [7, 11) is -4.14. The van der Waals surface area contributed by atoms with Crippen LogP contribution in [0.25, 0.3) is 0 Å². The van der Waals surface area contributed by atoms with Gasteiger partial charge in [0.05, 0.1) is 10.6 Å². The van der Waals surface area contributed by atoms with E-state index in [2.05, 4.69) is 5.32 Å². The summed E-state index contributed by atoms with van der Waals surface area (Å²) >= 11 is 12.1. The van der Waals surface area contributed by atoms with Gasteiger partial charge in [-0.15, -0.1) is 0 Å². The molecule has 0 radical (unpaired) electrons. The zero-order valence-corrected chi connectivity index (χ0v) is 25.3. The number of benzene rings is 3. The molecule has 0 bridgehead atoms. The van der Waals surface area contributed by atoms with E-state index in [1.54, 1.807) is 60.7 Å². The monoisotopic (exact) mass is 603 g/mol. The lowest BCUT2D eigenvalue weighted by Crippen LogP contribution is -2.52. The van der Waals surface area contributed by atoms with Crippen molar-refractivity contribution in [3.05, 3.63) is 94.0 Å². The molecule has 3 aromatic carbocycles. The Morgan fingerprint density at radius 3 is 2.00 bits per heavy atom. The van der Waals surface area contributed by atoms with Gasteiger partial charge >= 0.3 is 0 Å². The maximum atomic E-state index is 14.0. The Morgan fingerprint density at radius 1 is 0.875 bits per heavy atom. The van der Waals surface area contributed by atoms with Gasteiger partial charge in [-0.25, -0.2) is 8.42 Å².